The van der Waals surface area contributed by atoms with E-state index in [2.05, 4.69) is 27.1 Å². The molecule has 0 aliphatic carbocycles. The fourth-order valence-corrected chi connectivity index (χ4v) is 2.41. The molecule has 0 bridgehead atoms. The van der Waals surface area contributed by atoms with Crippen LogP contribution in [0, 0.1) is 0 Å². The predicted octanol–water partition coefficient (Wildman–Crippen LogP) is 2.74. The van der Waals surface area contributed by atoms with E-state index in [1.54, 1.807) is 0 Å². The van der Waals surface area contributed by atoms with Crippen molar-refractivity contribution in [2.75, 3.05) is 0 Å². The molecule has 1 aromatic heterocycles. The normalized spacial score (nSPS) is 12.7. The second-order valence-corrected chi connectivity index (χ2v) is 5.14. The smallest absolute Gasteiger partial charge is 0.0571 e. The molecule has 0 radical (unpaired) electrons. The van der Waals surface area contributed by atoms with Gasteiger partial charge in [-0.15, -0.1) is 0 Å². The molecule has 17 heavy (non-hydrogen) atoms. The number of hydrogen-bond acceptors (Lipinski definition) is 2. The lowest BCUT2D eigenvalue weighted by Crippen LogP contribution is -2.20. The van der Waals surface area contributed by atoms with Crippen molar-refractivity contribution in [3.63, 3.8) is 0 Å². The van der Waals surface area contributed by atoms with Crippen LogP contribution in [0.2, 0.25) is 0 Å². The van der Waals surface area contributed by atoms with Gasteiger partial charge >= 0.3 is 0 Å². The summed E-state index contributed by atoms with van der Waals surface area (Å²) in [6, 6.07) is 8.30. The molecule has 0 aliphatic rings. The average Bonchev–Trinajstić information content (AvgIpc) is 2.61. The van der Waals surface area contributed by atoms with E-state index in [0.29, 0.717) is 0 Å². The highest BCUT2D eigenvalue weighted by atomic mass is 79.9. The van der Waals surface area contributed by atoms with Gasteiger partial charge in [0.2, 0.25) is 0 Å². The number of nitrogens with two attached hydrogens (primary N) is 1. The highest BCUT2D eigenvalue weighted by Gasteiger charge is 2.13. The Hall–Kier alpha value is -1.13. The van der Waals surface area contributed by atoms with Gasteiger partial charge in [0.15, 0.2) is 0 Å². The fourth-order valence-electron chi connectivity index (χ4n) is 1.91. The fraction of sp³-hybridized carbons (Fsp3) is 0.308. The van der Waals surface area contributed by atoms with Crippen molar-refractivity contribution in [1.82, 2.24) is 9.78 Å². The Morgan fingerprint density at radius 2 is 2.06 bits per heavy atom. The van der Waals surface area contributed by atoms with Gasteiger partial charge in [0.25, 0.3) is 0 Å². The van der Waals surface area contributed by atoms with Crippen LogP contribution in [0.4, 0.5) is 0 Å². The molecule has 0 aliphatic heterocycles. The maximum Gasteiger partial charge on any atom is 0.0571 e. The van der Waals surface area contributed by atoms with Gasteiger partial charge in [-0.2, -0.15) is 5.10 Å². The second kappa shape index (κ2) is 5.02. The van der Waals surface area contributed by atoms with Crippen LogP contribution >= 0.6 is 15.9 Å². The lowest BCUT2D eigenvalue weighted by molar-refractivity contribution is 0.651. The van der Waals surface area contributed by atoms with E-state index < -0.39 is 0 Å². The first-order valence-electron chi connectivity index (χ1n) is 5.61. The summed E-state index contributed by atoms with van der Waals surface area (Å²) >= 11 is 3.57. The Morgan fingerprint density at radius 3 is 2.71 bits per heavy atom. The maximum atomic E-state index is 5.88. The number of aromatic nitrogens is 2. The molecule has 0 saturated heterocycles. The molecule has 2 aromatic rings. The largest absolute Gasteiger partial charge is 0.328 e. The minimum atomic E-state index is 0.131. The summed E-state index contributed by atoms with van der Waals surface area (Å²) < 4.78 is 2.98. The second-order valence-electron chi connectivity index (χ2n) is 4.29. The van der Waals surface area contributed by atoms with Gasteiger partial charge in [-0.3, -0.25) is 4.68 Å². The lowest BCUT2D eigenvalue weighted by Gasteiger charge is -2.10. The van der Waals surface area contributed by atoms with Crippen LogP contribution in [0.15, 0.2) is 34.9 Å². The third-order valence-electron chi connectivity index (χ3n) is 2.74. The zero-order chi connectivity index (χ0) is 12.4. The van der Waals surface area contributed by atoms with Gasteiger partial charge in [-0.25, -0.2) is 0 Å². The van der Waals surface area contributed by atoms with E-state index in [1.807, 2.05) is 43.0 Å². The monoisotopic (exact) mass is 293 g/mol. The summed E-state index contributed by atoms with van der Waals surface area (Å²) in [6.07, 6.45) is 2.73. The lowest BCUT2D eigenvalue weighted by atomic mass is 10.0. The molecule has 3 nitrogen and oxygen atoms in total. The number of benzene rings is 1. The highest BCUT2D eigenvalue weighted by molar-refractivity contribution is 9.10. The van der Waals surface area contributed by atoms with Gasteiger partial charge in [-0.1, -0.05) is 34.1 Å². The summed E-state index contributed by atoms with van der Waals surface area (Å²) in [5, 5.41) is 4.33. The molecular formula is C13H16BrN3. The van der Waals surface area contributed by atoms with Gasteiger partial charge < -0.3 is 5.73 Å². The number of nitrogens with zero attached hydrogens (tertiary/aromatic N) is 2. The first-order chi connectivity index (χ1) is 8.09. The SMILES string of the molecule is CC(N)Cc1c(-c2ccccc2Br)cnn1C. The van der Waals surface area contributed by atoms with Crippen LogP contribution in [-0.4, -0.2) is 15.8 Å². The summed E-state index contributed by atoms with van der Waals surface area (Å²) in [4.78, 5) is 0. The first-order valence-corrected chi connectivity index (χ1v) is 6.40. The number of rotatable bonds is 3. The molecule has 0 fully saturated rings. The van der Waals surface area contributed by atoms with E-state index in [1.165, 1.54) is 5.69 Å². The van der Waals surface area contributed by atoms with Crippen molar-refractivity contribution < 1.29 is 0 Å². The quantitative estimate of drug-likeness (QED) is 0.946. The summed E-state index contributed by atoms with van der Waals surface area (Å²) in [5.41, 5.74) is 9.37. The minimum absolute atomic E-state index is 0.131. The first kappa shape index (κ1) is 12.3. The predicted molar refractivity (Wildman–Crippen MR) is 73.7 cm³/mol. The molecule has 2 rings (SSSR count). The molecule has 1 unspecified atom stereocenters. The molecule has 0 amide bonds. The summed E-state index contributed by atoms with van der Waals surface area (Å²) in [5.74, 6) is 0. The third-order valence-corrected chi connectivity index (χ3v) is 3.43. The number of hydrogen-bond donors (Lipinski definition) is 1. The van der Waals surface area contributed by atoms with Crippen LogP contribution < -0.4 is 5.73 Å². The Kier molecular flexibility index (Phi) is 3.64. The zero-order valence-corrected chi connectivity index (χ0v) is 11.6. The minimum Gasteiger partial charge on any atom is -0.328 e. The average molecular weight is 294 g/mol. The van der Waals surface area contributed by atoms with Crippen LogP contribution in [0.5, 0.6) is 0 Å². The molecule has 4 heteroatoms. The molecular weight excluding hydrogens is 278 g/mol. The topological polar surface area (TPSA) is 43.8 Å². The summed E-state index contributed by atoms with van der Waals surface area (Å²) in [6.45, 7) is 2.01. The molecule has 2 N–H and O–H groups in total. The van der Waals surface area contributed by atoms with E-state index >= 15 is 0 Å². The zero-order valence-electron chi connectivity index (χ0n) is 10.0. The molecule has 0 saturated carbocycles. The number of aryl methyl sites for hydroxylation is 1. The third kappa shape index (κ3) is 2.58. The molecule has 0 spiro atoms. The number of halogens is 1. The Morgan fingerprint density at radius 1 is 1.35 bits per heavy atom. The highest BCUT2D eigenvalue weighted by Crippen LogP contribution is 2.30. The van der Waals surface area contributed by atoms with Crippen LogP contribution in [-0.2, 0) is 13.5 Å². The van der Waals surface area contributed by atoms with E-state index in [9.17, 15) is 0 Å². The Bertz CT molecular complexity index is 517. The maximum absolute atomic E-state index is 5.88. The molecule has 1 heterocycles. The van der Waals surface area contributed by atoms with E-state index in [-0.39, 0.29) is 6.04 Å². The summed E-state index contributed by atoms with van der Waals surface area (Å²) in [7, 11) is 1.96. The van der Waals surface area contributed by atoms with Crippen LogP contribution in [0.1, 0.15) is 12.6 Å². The Balaban J connectivity index is 2.49. The van der Waals surface area contributed by atoms with Crippen LogP contribution in [0.3, 0.4) is 0 Å². The van der Waals surface area contributed by atoms with Gasteiger partial charge in [0.05, 0.1) is 6.20 Å². The van der Waals surface area contributed by atoms with Crippen molar-refractivity contribution in [2.45, 2.75) is 19.4 Å². The van der Waals surface area contributed by atoms with Crippen LogP contribution in [0.25, 0.3) is 11.1 Å². The van der Waals surface area contributed by atoms with Gasteiger partial charge in [-0.05, 0) is 18.6 Å². The van der Waals surface area contributed by atoms with E-state index in [0.717, 1.165) is 22.0 Å². The Labute approximate surface area is 110 Å². The van der Waals surface area contributed by atoms with Crippen molar-refractivity contribution in [1.29, 1.82) is 0 Å². The van der Waals surface area contributed by atoms with Gasteiger partial charge in [0, 0.05) is 35.2 Å². The molecule has 90 valence electrons. The van der Waals surface area contributed by atoms with E-state index in [4.69, 9.17) is 5.73 Å². The molecule has 1 atom stereocenters. The van der Waals surface area contributed by atoms with Gasteiger partial charge in [0.1, 0.15) is 0 Å². The molecule has 1 aromatic carbocycles. The van der Waals surface area contributed by atoms with Crippen molar-refractivity contribution in [2.24, 2.45) is 12.8 Å². The van der Waals surface area contributed by atoms with Crippen molar-refractivity contribution >= 4 is 15.9 Å². The standard InChI is InChI=1S/C13H16BrN3/c1-9(15)7-13-11(8-16-17(13)2)10-5-3-4-6-12(10)14/h3-6,8-9H,7,15H2,1-2H3. The van der Waals surface area contributed by atoms with Crippen molar-refractivity contribution in [3.05, 3.63) is 40.6 Å². The van der Waals surface area contributed by atoms with Crippen molar-refractivity contribution in [3.8, 4) is 11.1 Å².